The molecule has 6 heteroatoms. The highest BCUT2D eigenvalue weighted by Gasteiger charge is 2.23. The van der Waals surface area contributed by atoms with Crippen molar-refractivity contribution in [3.05, 3.63) is 33.6 Å². The van der Waals surface area contributed by atoms with Crippen molar-refractivity contribution in [3.8, 4) is 0 Å². The lowest BCUT2D eigenvalue weighted by Gasteiger charge is -2.10. The normalized spacial score (nSPS) is 12.6. The second kappa shape index (κ2) is 4.13. The van der Waals surface area contributed by atoms with Crippen LogP contribution in [0.15, 0.2) is 12.1 Å². The van der Waals surface area contributed by atoms with E-state index in [1.165, 1.54) is 6.07 Å². The highest BCUT2D eigenvalue weighted by molar-refractivity contribution is 6.42. The molecule has 0 aromatic heterocycles. The van der Waals surface area contributed by atoms with Crippen molar-refractivity contribution in [2.24, 2.45) is 5.73 Å². The van der Waals surface area contributed by atoms with E-state index in [1.54, 1.807) is 0 Å². The molecule has 0 aliphatic heterocycles. The van der Waals surface area contributed by atoms with E-state index in [9.17, 15) is 9.18 Å². The summed E-state index contributed by atoms with van der Waals surface area (Å²) >= 11 is 11.2. The highest BCUT2D eigenvalue weighted by Crippen LogP contribution is 2.31. The van der Waals surface area contributed by atoms with Crippen LogP contribution in [0.3, 0.4) is 0 Å². The Balaban J connectivity index is 3.32. The van der Waals surface area contributed by atoms with Crippen LogP contribution in [0.1, 0.15) is 11.6 Å². The quantitative estimate of drug-likeness (QED) is 0.776. The third kappa shape index (κ3) is 1.97. The van der Waals surface area contributed by atoms with Gasteiger partial charge in [-0.15, -0.1) is 0 Å². The van der Waals surface area contributed by atoms with Gasteiger partial charge in [-0.05, 0) is 12.1 Å². The third-order valence-corrected chi connectivity index (χ3v) is 2.48. The van der Waals surface area contributed by atoms with E-state index in [0.717, 1.165) is 6.07 Å². The largest absolute Gasteiger partial charge is 0.480 e. The van der Waals surface area contributed by atoms with Crippen molar-refractivity contribution >= 4 is 29.2 Å². The molecule has 76 valence electrons. The number of benzene rings is 1. The Morgan fingerprint density at radius 2 is 2.07 bits per heavy atom. The monoisotopic (exact) mass is 237 g/mol. The zero-order chi connectivity index (χ0) is 10.9. The average molecular weight is 238 g/mol. The Morgan fingerprint density at radius 1 is 1.50 bits per heavy atom. The summed E-state index contributed by atoms with van der Waals surface area (Å²) in [6.45, 7) is 0. The molecular formula is C8H6Cl2FNO2. The molecule has 0 fully saturated rings. The van der Waals surface area contributed by atoms with Gasteiger partial charge < -0.3 is 10.8 Å². The van der Waals surface area contributed by atoms with Gasteiger partial charge in [-0.2, -0.15) is 0 Å². The van der Waals surface area contributed by atoms with Gasteiger partial charge in [0.1, 0.15) is 11.9 Å². The number of hydrogen-bond donors (Lipinski definition) is 2. The predicted molar refractivity (Wildman–Crippen MR) is 51.0 cm³/mol. The maximum Gasteiger partial charge on any atom is 0.325 e. The molecule has 0 heterocycles. The van der Waals surface area contributed by atoms with E-state index in [1.807, 2.05) is 0 Å². The molecule has 0 saturated heterocycles. The van der Waals surface area contributed by atoms with Crippen LogP contribution in [0.5, 0.6) is 0 Å². The molecule has 1 aromatic carbocycles. The number of aliphatic carboxylic acids is 1. The van der Waals surface area contributed by atoms with Crippen molar-refractivity contribution < 1.29 is 14.3 Å². The van der Waals surface area contributed by atoms with Crippen molar-refractivity contribution in [2.45, 2.75) is 6.04 Å². The van der Waals surface area contributed by atoms with E-state index in [0.29, 0.717) is 0 Å². The molecule has 0 amide bonds. The van der Waals surface area contributed by atoms with Crippen LogP contribution in [0, 0.1) is 5.82 Å². The molecule has 0 radical (unpaired) electrons. The molecule has 1 unspecified atom stereocenters. The summed E-state index contributed by atoms with van der Waals surface area (Å²) in [6.07, 6.45) is 0. The molecular weight excluding hydrogens is 232 g/mol. The first-order valence-electron chi connectivity index (χ1n) is 3.57. The van der Waals surface area contributed by atoms with Crippen LogP contribution in [0.4, 0.5) is 4.39 Å². The summed E-state index contributed by atoms with van der Waals surface area (Å²) in [5.74, 6) is -2.15. The maximum absolute atomic E-state index is 13.2. The predicted octanol–water partition coefficient (Wildman–Crippen LogP) is 2.22. The minimum absolute atomic E-state index is 0.0692. The fourth-order valence-electron chi connectivity index (χ4n) is 0.951. The number of hydrogen-bond acceptors (Lipinski definition) is 2. The minimum atomic E-state index is -1.51. The topological polar surface area (TPSA) is 63.3 Å². The first kappa shape index (κ1) is 11.2. The fraction of sp³-hybridized carbons (Fsp3) is 0.125. The highest BCUT2D eigenvalue weighted by atomic mass is 35.5. The second-order valence-electron chi connectivity index (χ2n) is 2.57. The number of halogens is 3. The number of carbonyl (C=O) groups is 1. The van der Waals surface area contributed by atoms with Gasteiger partial charge in [0, 0.05) is 5.56 Å². The zero-order valence-electron chi connectivity index (χ0n) is 6.80. The molecule has 0 saturated carbocycles. The van der Waals surface area contributed by atoms with Gasteiger partial charge in [-0.3, -0.25) is 4.79 Å². The number of rotatable bonds is 2. The van der Waals surface area contributed by atoms with E-state index in [2.05, 4.69) is 0 Å². The Labute approximate surface area is 89.2 Å². The van der Waals surface area contributed by atoms with Crippen LogP contribution in [0.25, 0.3) is 0 Å². The van der Waals surface area contributed by atoms with E-state index in [-0.39, 0.29) is 15.6 Å². The van der Waals surface area contributed by atoms with Gasteiger partial charge in [0.05, 0.1) is 10.0 Å². The summed E-state index contributed by atoms with van der Waals surface area (Å²) < 4.78 is 13.2. The Kier molecular flexibility index (Phi) is 3.31. The molecule has 3 N–H and O–H groups in total. The Bertz CT molecular complexity index is 384. The minimum Gasteiger partial charge on any atom is -0.480 e. The molecule has 0 aliphatic carbocycles. The summed E-state index contributed by atoms with van der Waals surface area (Å²) in [5.41, 5.74) is 4.93. The average Bonchev–Trinajstić information content (AvgIpc) is 2.12. The van der Waals surface area contributed by atoms with E-state index >= 15 is 0 Å². The lowest BCUT2D eigenvalue weighted by Crippen LogP contribution is -2.22. The van der Waals surface area contributed by atoms with Gasteiger partial charge in [-0.25, -0.2) is 4.39 Å². The lowest BCUT2D eigenvalue weighted by atomic mass is 10.1. The number of carboxylic acid groups (broad SMARTS) is 1. The fourth-order valence-corrected chi connectivity index (χ4v) is 1.39. The van der Waals surface area contributed by atoms with Gasteiger partial charge in [0.2, 0.25) is 0 Å². The molecule has 0 spiro atoms. The van der Waals surface area contributed by atoms with Crippen molar-refractivity contribution in [2.75, 3.05) is 0 Å². The number of carboxylic acids is 1. The van der Waals surface area contributed by atoms with Gasteiger partial charge >= 0.3 is 5.97 Å². The Morgan fingerprint density at radius 3 is 2.57 bits per heavy atom. The SMILES string of the molecule is NC(C(=O)O)c1c(F)ccc(Cl)c1Cl. The van der Waals surface area contributed by atoms with Crippen LogP contribution in [0.2, 0.25) is 10.0 Å². The molecule has 3 nitrogen and oxygen atoms in total. The smallest absolute Gasteiger partial charge is 0.325 e. The molecule has 1 aromatic rings. The third-order valence-electron chi connectivity index (χ3n) is 1.66. The van der Waals surface area contributed by atoms with Gasteiger partial charge in [0.25, 0.3) is 0 Å². The van der Waals surface area contributed by atoms with Gasteiger partial charge in [-0.1, -0.05) is 23.2 Å². The van der Waals surface area contributed by atoms with Crippen LogP contribution in [-0.4, -0.2) is 11.1 Å². The molecule has 0 bridgehead atoms. The van der Waals surface area contributed by atoms with Crippen LogP contribution >= 0.6 is 23.2 Å². The van der Waals surface area contributed by atoms with Crippen molar-refractivity contribution in [1.29, 1.82) is 0 Å². The standard InChI is InChI=1S/C8H6Cl2FNO2/c9-3-1-2-4(11)5(6(3)10)7(12)8(13)14/h1-2,7H,12H2,(H,13,14). The maximum atomic E-state index is 13.2. The van der Waals surface area contributed by atoms with Crippen LogP contribution in [-0.2, 0) is 4.79 Å². The Hall–Kier alpha value is -0.840. The summed E-state index contributed by atoms with van der Waals surface area (Å²) in [6, 6.07) is 0.741. The zero-order valence-corrected chi connectivity index (χ0v) is 8.31. The first-order chi connectivity index (χ1) is 6.45. The van der Waals surface area contributed by atoms with Crippen molar-refractivity contribution in [3.63, 3.8) is 0 Å². The van der Waals surface area contributed by atoms with E-state index in [4.69, 9.17) is 34.0 Å². The molecule has 0 aliphatic rings. The molecule has 14 heavy (non-hydrogen) atoms. The first-order valence-corrected chi connectivity index (χ1v) is 4.32. The number of nitrogens with two attached hydrogens (primary N) is 1. The van der Waals surface area contributed by atoms with E-state index < -0.39 is 17.8 Å². The molecule has 1 rings (SSSR count). The summed E-state index contributed by atoms with van der Waals surface area (Å²) in [5, 5.41) is 8.49. The van der Waals surface area contributed by atoms with Gasteiger partial charge in [0.15, 0.2) is 0 Å². The molecule has 1 atom stereocenters. The van der Waals surface area contributed by atoms with Crippen molar-refractivity contribution in [1.82, 2.24) is 0 Å². The summed E-state index contributed by atoms with van der Waals surface area (Å²) in [4.78, 5) is 10.5. The summed E-state index contributed by atoms with van der Waals surface area (Å²) in [7, 11) is 0. The second-order valence-corrected chi connectivity index (χ2v) is 3.36. The lowest BCUT2D eigenvalue weighted by molar-refractivity contribution is -0.138. The van der Waals surface area contributed by atoms with Crippen LogP contribution < -0.4 is 5.73 Å².